The molecule has 0 aliphatic heterocycles. The van der Waals surface area contributed by atoms with E-state index in [0.29, 0.717) is 12.6 Å². The normalized spacial score (nSPS) is 14.6. The van der Waals surface area contributed by atoms with E-state index in [1.165, 1.54) is 12.1 Å². The molecule has 0 heterocycles. The molecule has 0 aliphatic rings. The molecule has 108 valence electrons. The Morgan fingerprint density at radius 2 is 1.95 bits per heavy atom. The first-order valence-corrected chi connectivity index (χ1v) is 6.89. The maximum absolute atomic E-state index is 12.8. The minimum absolute atomic E-state index is 0.279. The van der Waals surface area contributed by atoms with Gasteiger partial charge < -0.3 is 15.3 Å². The van der Waals surface area contributed by atoms with Gasteiger partial charge in [0.15, 0.2) is 0 Å². The number of hydrogen-bond acceptors (Lipinski definition) is 3. The number of hydrogen-bond donors (Lipinski definition) is 2. The molecular formula is C15H25FN2O. The minimum Gasteiger partial charge on any atom is -0.387 e. The molecule has 4 heteroatoms. The lowest BCUT2D eigenvalue weighted by atomic mass is 10.1. The number of halogens is 1. The summed E-state index contributed by atoms with van der Waals surface area (Å²) in [6, 6.07) is 6.55. The lowest BCUT2D eigenvalue weighted by Crippen LogP contribution is -2.36. The van der Waals surface area contributed by atoms with Crippen molar-refractivity contribution in [1.29, 1.82) is 0 Å². The van der Waals surface area contributed by atoms with Crippen molar-refractivity contribution in [2.45, 2.75) is 32.4 Å². The molecule has 3 nitrogen and oxygen atoms in total. The fourth-order valence-electron chi connectivity index (χ4n) is 1.83. The van der Waals surface area contributed by atoms with Crippen molar-refractivity contribution in [3.63, 3.8) is 0 Å². The Morgan fingerprint density at radius 1 is 1.32 bits per heavy atom. The van der Waals surface area contributed by atoms with Gasteiger partial charge in [0, 0.05) is 25.7 Å². The molecule has 2 N–H and O–H groups in total. The van der Waals surface area contributed by atoms with Gasteiger partial charge in [-0.05, 0) is 38.1 Å². The van der Waals surface area contributed by atoms with Gasteiger partial charge in [-0.1, -0.05) is 19.1 Å². The van der Waals surface area contributed by atoms with E-state index in [9.17, 15) is 9.50 Å². The van der Waals surface area contributed by atoms with E-state index in [2.05, 4.69) is 31.1 Å². The summed E-state index contributed by atoms with van der Waals surface area (Å²) < 4.78 is 12.8. The first kappa shape index (κ1) is 16.1. The molecule has 0 saturated heterocycles. The molecule has 0 radical (unpaired) electrons. The lowest BCUT2D eigenvalue weighted by Gasteiger charge is -2.23. The zero-order valence-corrected chi connectivity index (χ0v) is 12.1. The zero-order valence-electron chi connectivity index (χ0n) is 12.1. The second-order valence-corrected chi connectivity index (χ2v) is 5.01. The zero-order chi connectivity index (χ0) is 14.3. The molecule has 1 rings (SSSR count). The van der Waals surface area contributed by atoms with Crippen molar-refractivity contribution in [3.05, 3.63) is 35.6 Å². The molecule has 0 aliphatic carbocycles. The standard InChI is InChI=1S/C15H25FN2O/c1-4-12(2)18(3)10-9-17-11-15(19)13-5-7-14(16)8-6-13/h5-8,12,15,17,19H,4,9-11H2,1-3H3. The molecule has 0 aromatic heterocycles. The molecule has 0 saturated carbocycles. The summed E-state index contributed by atoms with van der Waals surface area (Å²) in [6.45, 7) is 6.64. The highest BCUT2D eigenvalue weighted by atomic mass is 19.1. The van der Waals surface area contributed by atoms with Gasteiger partial charge in [0.05, 0.1) is 6.10 Å². The molecule has 2 atom stereocenters. The Kier molecular flexibility index (Phi) is 6.99. The van der Waals surface area contributed by atoms with E-state index in [1.54, 1.807) is 12.1 Å². The van der Waals surface area contributed by atoms with E-state index in [0.717, 1.165) is 25.1 Å². The topological polar surface area (TPSA) is 35.5 Å². The third kappa shape index (κ3) is 5.68. The second-order valence-electron chi connectivity index (χ2n) is 5.01. The fourth-order valence-corrected chi connectivity index (χ4v) is 1.83. The summed E-state index contributed by atoms with van der Waals surface area (Å²) in [6.07, 6.45) is 0.545. The van der Waals surface area contributed by atoms with Gasteiger partial charge in [0.2, 0.25) is 0 Å². The number of rotatable bonds is 8. The third-order valence-electron chi connectivity index (χ3n) is 3.58. The summed E-state index contributed by atoms with van der Waals surface area (Å²) >= 11 is 0. The quantitative estimate of drug-likeness (QED) is 0.709. The van der Waals surface area contributed by atoms with Crippen LogP contribution in [0.4, 0.5) is 4.39 Å². The molecule has 0 amide bonds. The Labute approximate surface area is 115 Å². The number of benzene rings is 1. The summed E-state index contributed by atoms with van der Waals surface area (Å²) in [5, 5.41) is 13.2. The van der Waals surface area contributed by atoms with E-state index in [-0.39, 0.29) is 5.82 Å². The van der Waals surface area contributed by atoms with Crippen molar-refractivity contribution in [1.82, 2.24) is 10.2 Å². The van der Waals surface area contributed by atoms with Crippen LogP contribution in [-0.2, 0) is 0 Å². The molecular weight excluding hydrogens is 243 g/mol. The van der Waals surface area contributed by atoms with Crippen molar-refractivity contribution >= 4 is 0 Å². The van der Waals surface area contributed by atoms with E-state index < -0.39 is 6.10 Å². The van der Waals surface area contributed by atoms with E-state index in [4.69, 9.17) is 0 Å². The summed E-state index contributed by atoms with van der Waals surface area (Å²) in [7, 11) is 2.10. The van der Waals surface area contributed by atoms with Crippen molar-refractivity contribution < 1.29 is 9.50 Å². The Hall–Kier alpha value is -0.970. The summed E-state index contributed by atoms with van der Waals surface area (Å²) in [5.41, 5.74) is 0.740. The number of nitrogens with one attached hydrogen (secondary N) is 1. The molecule has 0 bridgehead atoms. The number of aliphatic hydroxyl groups is 1. The van der Waals surface area contributed by atoms with Gasteiger partial charge >= 0.3 is 0 Å². The average Bonchev–Trinajstić information content (AvgIpc) is 2.42. The Bertz CT molecular complexity index is 356. The fraction of sp³-hybridized carbons (Fsp3) is 0.600. The van der Waals surface area contributed by atoms with Crippen LogP contribution in [0.2, 0.25) is 0 Å². The molecule has 1 aromatic rings. The smallest absolute Gasteiger partial charge is 0.123 e. The Balaban J connectivity index is 2.24. The second kappa shape index (κ2) is 8.25. The van der Waals surface area contributed by atoms with Crippen LogP contribution in [0.15, 0.2) is 24.3 Å². The highest BCUT2D eigenvalue weighted by Gasteiger charge is 2.08. The number of nitrogens with zero attached hydrogens (tertiary/aromatic N) is 1. The van der Waals surface area contributed by atoms with Gasteiger partial charge in [-0.3, -0.25) is 0 Å². The monoisotopic (exact) mass is 268 g/mol. The van der Waals surface area contributed by atoms with Crippen molar-refractivity contribution in [3.8, 4) is 0 Å². The van der Waals surface area contributed by atoms with Crippen LogP contribution in [0.1, 0.15) is 31.9 Å². The third-order valence-corrected chi connectivity index (χ3v) is 3.58. The highest BCUT2D eigenvalue weighted by molar-refractivity contribution is 5.18. The van der Waals surface area contributed by atoms with Gasteiger partial charge in [0.1, 0.15) is 5.82 Å². The van der Waals surface area contributed by atoms with E-state index in [1.807, 2.05) is 0 Å². The summed E-state index contributed by atoms with van der Waals surface area (Å²) in [4.78, 5) is 2.29. The van der Waals surface area contributed by atoms with Crippen LogP contribution in [0.25, 0.3) is 0 Å². The van der Waals surface area contributed by atoms with Crippen molar-refractivity contribution in [2.75, 3.05) is 26.7 Å². The van der Waals surface area contributed by atoms with Crippen LogP contribution in [0.3, 0.4) is 0 Å². The van der Waals surface area contributed by atoms with Crippen LogP contribution in [0.5, 0.6) is 0 Å². The SMILES string of the molecule is CCC(C)N(C)CCNCC(O)c1ccc(F)cc1. The highest BCUT2D eigenvalue weighted by Crippen LogP contribution is 2.12. The minimum atomic E-state index is -0.588. The first-order valence-electron chi connectivity index (χ1n) is 6.89. The first-order chi connectivity index (χ1) is 9.04. The van der Waals surface area contributed by atoms with E-state index >= 15 is 0 Å². The Morgan fingerprint density at radius 3 is 2.53 bits per heavy atom. The predicted molar refractivity (Wildman–Crippen MR) is 76.6 cm³/mol. The van der Waals surface area contributed by atoms with Gasteiger partial charge in [-0.25, -0.2) is 4.39 Å². The molecule has 0 fully saturated rings. The largest absolute Gasteiger partial charge is 0.387 e. The van der Waals surface area contributed by atoms with Crippen LogP contribution < -0.4 is 5.32 Å². The van der Waals surface area contributed by atoms with Gasteiger partial charge in [0.25, 0.3) is 0 Å². The van der Waals surface area contributed by atoms with Gasteiger partial charge in [-0.2, -0.15) is 0 Å². The van der Waals surface area contributed by atoms with Crippen LogP contribution in [0, 0.1) is 5.82 Å². The number of likely N-dealkylation sites (N-methyl/N-ethyl adjacent to an activating group) is 1. The average molecular weight is 268 g/mol. The maximum Gasteiger partial charge on any atom is 0.123 e. The van der Waals surface area contributed by atoms with Gasteiger partial charge in [-0.15, -0.1) is 0 Å². The molecule has 1 aromatic carbocycles. The summed E-state index contributed by atoms with van der Waals surface area (Å²) in [5.74, 6) is -0.279. The van der Waals surface area contributed by atoms with Crippen LogP contribution >= 0.6 is 0 Å². The molecule has 2 unspecified atom stereocenters. The molecule has 0 spiro atoms. The lowest BCUT2D eigenvalue weighted by molar-refractivity contribution is 0.171. The molecule has 19 heavy (non-hydrogen) atoms. The van der Waals surface area contributed by atoms with Crippen molar-refractivity contribution in [2.24, 2.45) is 0 Å². The predicted octanol–water partition coefficient (Wildman–Crippen LogP) is 2.18. The maximum atomic E-state index is 12.8. The van der Waals surface area contributed by atoms with Crippen LogP contribution in [-0.4, -0.2) is 42.7 Å². The number of aliphatic hydroxyl groups excluding tert-OH is 1.